The lowest BCUT2D eigenvalue weighted by Crippen LogP contribution is -2.62. The third-order valence-electron chi connectivity index (χ3n) is 5.30. The SMILES string of the molecule is Cc1nnc(Sc2ccc(C(=O)NC3C4CCN(CC4)C3C)cc2)o1. The topological polar surface area (TPSA) is 71.3 Å². The van der Waals surface area contributed by atoms with Crippen molar-refractivity contribution < 1.29 is 9.21 Å². The molecular formula is C18H22N4O2S. The van der Waals surface area contributed by atoms with Gasteiger partial charge in [-0.05, 0) is 74.8 Å². The summed E-state index contributed by atoms with van der Waals surface area (Å²) in [7, 11) is 0. The van der Waals surface area contributed by atoms with Crippen molar-refractivity contribution in [1.29, 1.82) is 0 Å². The van der Waals surface area contributed by atoms with Gasteiger partial charge in [-0.2, -0.15) is 0 Å². The van der Waals surface area contributed by atoms with Crippen molar-refractivity contribution >= 4 is 17.7 Å². The maximum Gasteiger partial charge on any atom is 0.281 e. The van der Waals surface area contributed by atoms with Crippen LogP contribution < -0.4 is 5.32 Å². The zero-order valence-corrected chi connectivity index (χ0v) is 15.3. The number of carbonyl (C=O) groups excluding carboxylic acids is 1. The van der Waals surface area contributed by atoms with E-state index in [0.717, 1.165) is 4.90 Å². The molecule has 0 radical (unpaired) electrons. The highest BCUT2D eigenvalue weighted by atomic mass is 32.2. The second-order valence-corrected chi connectivity index (χ2v) is 7.85. The molecule has 0 saturated carbocycles. The number of hydrogen-bond acceptors (Lipinski definition) is 6. The van der Waals surface area contributed by atoms with Gasteiger partial charge in [0.15, 0.2) is 0 Å². The van der Waals surface area contributed by atoms with Crippen molar-refractivity contribution in [3.8, 4) is 0 Å². The van der Waals surface area contributed by atoms with E-state index in [1.165, 1.54) is 37.7 Å². The van der Waals surface area contributed by atoms with E-state index in [4.69, 9.17) is 4.42 Å². The minimum absolute atomic E-state index is 0.00999. The quantitative estimate of drug-likeness (QED) is 0.906. The highest BCUT2D eigenvalue weighted by molar-refractivity contribution is 7.99. The van der Waals surface area contributed by atoms with Crippen molar-refractivity contribution in [3.05, 3.63) is 35.7 Å². The Kier molecular flexibility index (Phi) is 4.52. The predicted octanol–water partition coefficient (Wildman–Crippen LogP) is 2.74. The van der Waals surface area contributed by atoms with E-state index >= 15 is 0 Å². The third-order valence-corrected chi connectivity index (χ3v) is 6.15. The fourth-order valence-corrected chi connectivity index (χ4v) is 4.59. The van der Waals surface area contributed by atoms with Crippen LogP contribution in [0.3, 0.4) is 0 Å². The smallest absolute Gasteiger partial charge is 0.281 e. The Morgan fingerprint density at radius 3 is 2.56 bits per heavy atom. The van der Waals surface area contributed by atoms with Gasteiger partial charge in [0.1, 0.15) is 0 Å². The van der Waals surface area contributed by atoms with Crippen LogP contribution in [-0.4, -0.2) is 46.2 Å². The predicted molar refractivity (Wildman–Crippen MR) is 94.6 cm³/mol. The minimum Gasteiger partial charge on any atom is -0.416 e. The molecule has 0 aliphatic carbocycles. The van der Waals surface area contributed by atoms with Gasteiger partial charge in [-0.3, -0.25) is 9.69 Å². The number of piperidine rings is 3. The monoisotopic (exact) mass is 358 g/mol. The van der Waals surface area contributed by atoms with Crippen LogP contribution in [0.2, 0.25) is 0 Å². The number of fused-ring (bicyclic) bond motifs is 3. The first-order valence-electron chi connectivity index (χ1n) is 8.73. The van der Waals surface area contributed by atoms with E-state index in [1.807, 2.05) is 24.3 Å². The van der Waals surface area contributed by atoms with Gasteiger partial charge in [0.2, 0.25) is 5.89 Å². The minimum atomic E-state index is 0.00999. The Bertz CT molecular complexity index is 751. The first-order chi connectivity index (χ1) is 12.1. The van der Waals surface area contributed by atoms with Gasteiger partial charge in [-0.15, -0.1) is 10.2 Å². The number of hydrogen-bond donors (Lipinski definition) is 1. The maximum absolute atomic E-state index is 12.6. The molecule has 7 heteroatoms. The normalized spacial score (nSPS) is 28.1. The molecule has 3 fully saturated rings. The molecule has 5 rings (SSSR count). The highest BCUT2D eigenvalue weighted by Crippen LogP contribution is 2.32. The van der Waals surface area contributed by atoms with Crippen LogP contribution >= 0.6 is 11.8 Å². The second kappa shape index (κ2) is 6.80. The number of rotatable bonds is 4. The fraction of sp³-hybridized carbons (Fsp3) is 0.500. The zero-order valence-electron chi connectivity index (χ0n) is 14.4. The van der Waals surface area contributed by atoms with Crippen LogP contribution in [-0.2, 0) is 0 Å². The Labute approximate surface area is 151 Å². The molecule has 0 spiro atoms. The molecule has 25 heavy (non-hydrogen) atoms. The molecule has 2 bridgehead atoms. The number of aryl methyl sites for hydroxylation is 1. The largest absolute Gasteiger partial charge is 0.416 e. The Morgan fingerprint density at radius 1 is 1.24 bits per heavy atom. The van der Waals surface area contributed by atoms with E-state index in [1.54, 1.807) is 6.92 Å². The molecule has 4 heterocycles. The van der Waals surface area contributed by atoms with Crippen molar-refractivity contribution in [3.63, 3.8) is 0 Å². The van der Waals surface area contributed by atoms with Crippen molar-refractivity contribution in [1.82, 2.24) is 20.4 Å². The zero-order chi connectivity index (χ0) is 17.4. The summed E-state index contributed by atoms with van der Waals surface area (Å²) in [6.45, 7) is 6.32. The first-order valence-corrected chi connectivity index (χ1v) is 9.55. The Hall–Kier alpha value is -1.86. The summed E-state index contributed by atoms with van der Waals surface area (Å²) in [5, 5.41) is 11.6. The summed E-state index contributed by atoms with van der Waals surface area (Å²) in [6.07, 6.45) is 2.38. The van der Waals surface area contributed by atoms with Gasteiger partial charge in [0.25, 0.3) is 11.1 Å². The fourth-order valence-electron chi connectivity index (χ4n) is 3.87. The Balaban J connectivity index is 1.40. The van der Waals surface area contributed by atoms with Gasteiger partial charge < -0.3 is 9.73 Å². The second-order valence-electron chi connectivity index (χ2n) is 6.83. The van der Waals surface area contributed by atoms with Crippen LogP contribution in [0.15, 0.2) is 38.8 Å². The van der Waals surface area contributed by atoms with Gasteiger partial charge in [0.05, 0.1) is 0 Å². The molecule has 2 atom stereocenters. The van der Waals surface area contributed by atoms with Gasteiger partial charge in [0, 0.05) is 29.5 Å². The molecular weight excluding hydrogens is 336 g/mol. The molecule has 1 N–H and O–H groups in total. The average Bonchev–Trinajstić information content (AvgIpc) is 3.04. The van der Waals surface area contributed by atoms with E-state index in [-0.39, 0.29) is 11.9 Å². The summed E-state index contributed by atoms with van der Waals surface area (Å²) in [6, 6.07) is 8.22. The van der Waals surface area contributed by atoms with E-state index in [9.17, 15) is 4.79 Å². The number of aromatic nitrogens is 2. The van der Waals surface area contributed by atoms with Gasteiger partial charge in [-0.1, -0.05) is 0 Å². The van der Waals surface area contributed by atoms with Crippen molar-refractivity contribution in [2.24, 2.45) is 5.92 Å². The summed E-state index contributed by atoms with van der Waals surface area (Å²) in [5.41, 5.74) is 0.690. The van der Waals surface area contributed by atoms with Crippen LogP contribution in [0.1, 0.15) is 36.0 Å². The lowest BCUT2D eigenvalue weighted by Gasteiger charge is -2.49. The summed E-state index contributed by atoms with van der Waals surface area (Å²) >= 11 is 1.40. The first kappa shape index (κ1) is 16.6. The van der Waals surface area contributed by atoms with Crippen LogP contribution in [0.4, 0.5) is 0 Å². The number of nitrogens with one attached hydrogen (secondary N) is 1. The molecule has 2 aromatic rings. The van der Waals surface area contributed by atoms with Crippen molar-refractivity contribution in [2.45, 2.75) is 48.9 Å². The molecule has 3 saturated heterocycles. The third kappa shape index (κ3) is 3.43. The lowest BCUT2D eigenvalue weighted by atomic mass is 9.79. The van der Waals surface area contributed by atoms with E-state index < -0.39 is 0 Å². The standard InChI is InChI=1S/C18H22N4O2S/c1-11-16(13-7-9-22(11)10-8-13)19-17(23)14-3-5-15(6-4-14)25-18-21-20-12(2)24-18/h3-6,11,13,16H,7-10H2,1-2H3,(H,19,23). The number of carbonyl (C=O) groups is 1. The van der Waals surface area contributed by atoms with Crippen LogP contribution in [0, 0.1) is 12.8 Å². The number of amides is 1. The van der Waals surface area contributed by atoms with Gasteiger partial charge in [-0.25, -0.2) is 0 Å². The molecule has 2 unspecified atom stereocenters. The molecule has 1 amide bonds. The van der Waals surface area contributed by atoms with Crippen LogP contribution in [0.25, 0.3) is 0 Å². The van der Waals surface area contributed by atoms with Crippen LogP contribution in [0.5, 0.6) is 0 Å². The highest BCUT2D eigenvalue weighted by Gasteiger charge is 2.40. The number of nitrogens with zero attached hydrogens (tertiary/aromatic N) is 3. The molecule has 1 aromatic carbocycles. The molecule has 1 aromatic heterocycles. The maximum atomic E-state index is 12.6. The summed E-state index contributed by atoms with van der Waals surface area (Å²) < 4.78 is 5.36. The molecule has 3 aliphatic heterocycles. The lowest BCUT2D eigenvalue weighted by molar-refractivity contribution is 0.0217. The molecule has 6 nitrogen and oxygen atoms in total. The molecule has 3 aliphatic rings. The van der Waals surface area contributed by atoms with E-state index in [0.29, 0.717) is 28.6 Å². The van der Waals surface area contributed by atoms with Crippen molar-refractivity contribution in [2.75, 3.05) is 13.1 Å². The van der Waals surface area contributed by atoms with Gasteiger partial charge >= 0.3 is 0 Å². The Morgan fingerprint density at radius 2 is 1.96 bits per heavy atom. The summed E-state index contributed by atoms with van der Waals surface area (Å²) in [5.74, 6) is 1.17. The number of benzene rings is 1. The van der Waals surface area contributed by atoms with E-state index in [2.05, 4.69) is 27.3 Å². The summed E-state index contributed by atoms with van der Waals surface area (Å²) in [4.78, 5) is 16.1. The molecule has 132 valence electrons. The average molecular weight is 358 g/mol.